The molecule has 0 fully saturated rings. The van der Waals surface area contributed by atoms with Gasteiger partial charge in [0.25, 0.3) is 5.69 Å². The normalized spacial score (nSPS) is 9.59. The van der Waals surface area contributed by atoms with Gasteiger partial charge in [0.1, 0.15) is 0 Å². The lowest BCUT2D eigenvalue weighted by Gasteiger charge is -2.03. The summed E-state index contributed by atoms with van der Waals surface area (Å²) < 4.78 is 0. The molecule has 0 bridgehead atoms. The molecule has 2 aromatic carbocycles. The van der Waals surface area contributed by atoms with Crippen LogP contribution in [0.5, 0.6) is 0 Å². The fraction of sp³-hybridized carbons (Fsp3) is 0. The Labute approximate surface area is 98.1 Å². The molecule has 0 aliphatic carbocycles. The smallest absolute Gasteiger partial charge is 0.258 e. The summed E-state index contributed by atoms with van der Waals surface area (Å²) >= 11 is 0. The molecule has 0 spiro atoms. The average molecular weight is 224 g/mol. The van der Waals surface area contributed by atoms with Crippen LogP contribution in [0.2, 0.25) is 0 Å². The number of nitro benzene ring substituents is 1. The first-order chi connectivity index (χ1) is 8.22. The van der Waals surface area contributed by atoms with Crippen LogP contribution in [0.15, 0.2) is 48.5 Å². The molecule has 0 N–H and O–H groups in total. The predicted octanol–water partition coefficient (Wildman–Crippen LogP) is 3.81. The van der Waals surface area contributed by atoms with Crippen molar-refractivity contribution in [3.05, 3.63) is 70.1 Å². The lowest BCUT2D eigenvalue weighted by atomic mass is 10.0. The van der Waals surface area contributed by atoms with E-state index in [-0.39, 0.29) is 5.69 Å². The molecule has 2 rings (SSSR count). The van der Waals surface area contributed by atoms with Gasteiger partial charge in [0.15, 0.2) is 0 Å². The van der Waals surface area contributed by atoms with Gasteiger partial charge in [0.2, 0.25) is 5.69 Å². The van der Waals surface area contributed by atoms with Crippen molar-refractivity contribution in [2.75, 3.05) is 0 Å². The molecule has 0 unspecified atom stereocenters. The Bertz CT molecular complexity index is 601. The van der Waals surface area contributed by atoms with E-state index in [0.29, 0.717) is 11.3 Å². The largest absolute Gasteiger partial charge is 0.259 e. The number of benzene rings is 2. The van der Waals surface area contributed by atoms with Gasteiger partial charge in [-0.2, -0.15) is 0 Å². The molecule has 0 aliphatic rings. The summed E-state index contributed by atoms with van der Waals surface area (Å²) in [5.41, 5.74) is 1.83. The number of hydrogen-bond donors (Lipinski definition) is 0. The lowest BCUT2D eigenvalue weighted by molar-refractivity contribution is -0.384. The third-order valence-corrected chi connectivity index (χ3v) is 2.40. The molecule has 0 aromatic heterocycles. The van der Waals surface area contributed by atoms with Gasteiger partial charge < -0.3 is 0 Å². The number of rotatable bonds is 2. The third-order valence-electron chi connectivity index (χ3n) is 2.40. The molecule has 0 saturated carbocycles. The zero-order chi connectivity index (χ0) is 12.3. The summed E-state index contributed by atoms with van der Waals surface area (Å²) in [6.07, 6.45) is 0. The second kappa shape index (κ2) is 4.45. The van der Waals surface area contributed by atoms with Crippen LogP contribution in [0.25, 0.3) is 16.0 Å². The van der Waals surface area contributed by atoms with Crippen molar-refractivity contribution >= 4 is 11.4 Å². The summed E-state index contributed by atoms with van der Waals surface area (Å²) in [6, 6.07) is 13.7. The maximum absolute atomic E-state index is 10.6. The third kappa shape index (κ3) is 2.13. The standard InChI is InChI=1S/C13H8N2O2/c1-14-13-9-11(15(16)17)7-8-12(13)10-5-3-2-4-6-10/h2-9H. The summed E-state index contributed by atoms with van der Waals surface area (Å²) in [4.78, 5) is 13.5. The molecule has 0 aliphatic heterocycles. The van der Waals surface area contributed by atoms with Crippen LogP contribution in [-0.2, 0) is 0 Å². The Balaban J connectivity index is 2.57. The van der Waals surface area contributed by atoms with E-state index < -0.39 is 4.92 Å². The monoisotopic (exact) mass is 224 g/mol. The molecule has 0 amide bonds. The van der Waals surface area contributed by atoms with Gasteiger partial charge in [-0.1, -0.05) is 36.4 Å². The first-order valence-electron chi connectivity index (χ1n) is 4.93. The molecule has 4 nitrogen and oxygen atoms in total. The van der Waals surface area contributed by atoms with Gasteiger partial charge in [-0.3, -0.25) is 10.1 Å². The minimum absolute atomic E-state index is 0.0596. The van der Waals surface area contributed by atoms with Crippen molar-refractivity contribution < 1.29 is 4.92 Å². The molecular weight excluding hydrogens is 216 g/mol. The van der Waals surface area contributed by atoms with Crippen molar-refractivity contribution in [2.45, 2.75) is 0 Å². The van der Waals surface area contributed by atoms with E-state index in [2.05, 4.69) is 4.85 Å². The van der Waals surface area contributed by atoms with E-state index in [4.69, 9.17) is 6.57 Å². The molecule has 0 saturated heterocycles. The fourth-order valence-electron chi connectivity index (χ4n) is 1.59. The first-order valence-corrected chi connectivity index (χ1v) is 4.93. The Morgan fingerprint density at radius 3 is 2.41 bits per heavy atom. The van der Waals surface area contributed by atoms with Gasteiger partial charge in [0, 0.05) is 12.1 Å². The summed E-state index contributed by atoms with van der Waals surface area (Å²) in [7, 11) is 0. The Kier molecular flexibility index (Phi) is 2.84. The maximum Gasteiger partial charge on any atom is 0.259 e. The van der Waals surface area contributed by atoms with Crippen molar-refractivity contribution in [3.8, 4) is 11.1 Å². The average Bonchev–Trinajstić information content (AvgIpc) is 2.39. The lowest BCUT2D eigenvalue weighted by Crippen LogP contribution is -1.87. The fourth-order valence-corrected chi connectivity index (χ4v) is 1.59. The van der Waals surface area contributed by atoms with Crippen molar-refractivity contribution in [2.24, 2.45) is 0 Å². The van der Waals surface area contributed by atoms with Crippen LogP contribution in [-0.4, -0.2) is 4.92 Å². The molecular formula is C13H8N2O2. The van der Waals surface area contributed by atoms with Crippen LogP contribution < -0.4 is 0 Å². The SMILES string of the molecule is [C-]#[N+]c1cc([N+](=O)[O-])ccc1-c1ccccc1. The van der Waals surface area contributed by atoms with E-state index in [1.807, 2.05) is 30.3 Å². The highest BCUT2D eigenvalue weighted by Gasteiger charge is 2.11. The van der Waals surface area contributed by atoms with E-state index in [9.17, 15) is 10.1 Å². The molecule has 17 heavy (non-hydrogen) atoms. The second-order valence-electron chi connectivity index (χ2n) is 3.44. The zero-order valence-electron chi connectivity index (χ0n) is 8.83. The van der Waals surface area contributed by atoms with Gasteiger partial charge in [-0.25, -0.2) is 4.85 Å². The predicted molar refractivity (Wildman–Crippen MR) is 64.8 cm³/mol. The Morgan fingerprint density at radius 1 is 1.12 bits per heavy atom. The highest BCUT2D eigenvalue weighted by atomic mass is 16.6. The van der Waals surface area contributed by atoms with Gasteiger partial charge in [0.05, 0.1) is 11.5 Å². The summed E-state index contributed by atoms with van der Waals surface area (Å²) in [5.74, 6) is 0. The van der Waals surface area contributed by atoms with E-state index in [1.54, 1.807) is 6.07 Å². The van der Waals surface area contributed by atoms with Crippen LogP contribution in [0.3, 0.4) is 0 Å². The number of non-ortho nitro benzene ring substituents is 1. The molecule has 82 valence electrons. The molecule has 0 radical (unpaired) electrons. The van der Waals surface area contributed by atoms with E-state index in [1.165, 1.54) is 12.1 Å². The Morgan fingerprint density at radius 2 is 1.82 bits per heavy atom. The minimum atomic E-state index is -0.497. The van der Waals surface area contributed by atoms with E-state index in [0.717, 1.165) is 5.56 Å². The molecule has 2 aromatic rings. The maximum atomic E-state index is 10.6. The van der Waals surface area contributed by atoms with Crippen LogP contribution in [0.4, 0.5) is 11.4 Å². The quantitative estimate of drug-likeness (QED) is 0.442. The van der Waals surface area contributed by atoms with Crippen LogP contribution in [0.1, 0.15) is 0 Å². The summed E-state index contributed by atoms with van der Waals surface area (Å²) in [6.45, 7) is 7.07. The minimum Gasteiger partial charge on any atom is -0.258 e. The van der Waals surface area contributed by atoms with Crippen molar-refractivity contribution in [1.82, 2.24) is 0 Å². The second-order valence-corrected chi connectivity index (χ2v) is 3.44. The van der Waals surface area contributed by atoms with Crippen LogP contribution >= 0.6 is 0 Å². The highest BCUT2D eigenvalue weighted by molar-refractivity contribution is 5.80. The Hall–Kier alpha value is -2.67. The van der Waals surface area contributed by atoms with Gasteiger partial charge >= 0.3 is 0 Å². The molecule has 0 heterocycles. The van der Waals surface area contributed by atoms with Crippen molar-refractivity contribution in [3.63, 3.8) is 0 Å². The molecule has 4 heteroatoms. The van der Waals surface area contributed by atoms with Gasteiger partial charge in [-0.05, 0) is 11.1 Å². The van der Waals surface area contributed by atoms with Crippen molar-refractivity contribution in [1.29, 1.82) is 0 Å². The molecule has 0 atom stereocenters. The number of nitro groups is 1. The highest BCUT2D eigenvalue weighted by Crippen LogP contribution is 2.33. The van der Waals surface area contributed by atoms with E-state index >= 15 is 0 Å². The van der Waals surface area contributed by atoms with Crippen LogP contribution in [0, 0.1) is 16.7 Å². The number of nitrogens with zero attached hydrogens (tertiary/aromatic N) is 2. The summed E-state index contributed by atoms with van der Waals surface area (Å²) in [5, 5.41) is 10.6. The van der Waals surface area contributed by atoms with Gasteiger partial charge in [-0.15, -0.1) is 0 Å². The zero-order valence-corrected chi connectivity index (χ0v) is 8.83. The number of hydrogen-bond acceptors (Lipinski definition) is 2. The first kappa shape index (κ1) is 10.8. The topological polar surface area (TPSA) is 47.5 Å².